The third-order valence-corrected chi connectivity index (χ3v) is 5.99. The van der Waals surface area contributed by atoms with Crippen LogP contribution in [0.2, 0.25) is 0 Å². The molecule has 0 bridgehead atoms. The van der Waals surface area contributed by atoms with Crippen LogP contribution in [0.25, 0.3) is 5.13 Å². The van der Waals surface area contributed by atoms with Crippen molar-refractivity contribution in [3.05, 3.63) is 52.6 Å². The summed E-state index contributed by atoms with van der Waals surface area (Å²) in [5.41, 5.74) is -1.74. The number of carbonyl (C=O) groups excluding carboxylic acids is 1. The van der Waals surface area contributed by atoms with Gasteiger partial charge < -0.3 is 5.32 Å². The maximum Gasteiger partial charge on any atom is 0.416 e. The number of thiazole rings is 1. The Bertz CT molecular complexity index is 1290. The molecule has 162 valence electrons. The smallest absolute Gasteiger partial charge is 0.342 e. The summed E-state index contributed by atoms with van der Waals surface area (Å²) < 4.78 is 64.4. The molecule has 2 heterocycles. The second-order valence-corrected chi connectivity index (χ2v) is 9.38. The molecule has 0 aliphatic carbocycles. The van der Waals surface area contributed by atoms with Gasteiger partial charge in [-0.1, -0.05) is 11.3 Å². The zero-order chi connectivity index (χ0) is 23.0. The van der Waals surface area contributed by atoms with Gasteiger partial charge in [-0.2, -0.15) is 28.2 Å². The van der Waals surface area contributed by atoms with Crippen LogP contribution in [0.4, 0.5) is 13.2 Å². The van der Waals surface area contributed by atoms with Gasteiger partial charge in [-0.15, -0.1) is 0 Å². The molecule has 31 heavy (non-hydrogen) atoms. The van der Waals surface area contributed by atoms with Gasteiger partial charge in [0.25, 0.3) is 5.91 Å². The number of carbonyl (C=O) groups is 1. The zero-order valence-electron chi connectivity index (χ0n) is 15.9. The van der Waals surface area contributed by atoms with E-state index in [4.69, 9.17) is 5.26 Å². The molecule has 1 atom stereocenters. The maximum atomic E-state index is 13.2. The van der Waals surface area contributed by atoms with E-state index in [9.17, 15) is 26.4 Å². The Morgan fingerprint density at radius 2 is 2.00 bits per heavy atom. The molecule has 9 nitrogen and oxygen atoms in total. The topological polar surface area (TPSA) is 131 Å². The largest absolute Gasteiger partial charge is 0.416 e. The van der Waals surface area contributed by atoms with Crippen molar-refractivity contribution in [1.82, 2.24) is 25.1 Å². The lowest BCUT2D eigenvalue weighted by molar-refractivity contribution is -0.137. The molecule has 1 N–H and O–H groups in total. The number of nitrogens with one attached hydrogen (secondary N) is 1. The lowest BCUT2D eigenvalue weighted by atomic mass is 10.1. The Balaban J connectivity index is 1.92. The van der Waals surface area contributed by atoms with Crippen LogP contribution < -0.4 is 5.32 Å². The van der Waals surface area contributed by atoms with Gasteiger partial charge in [-0.25, -0.2) is 18.4 Å². The average Bonchev–Trinajstić information content (AvgIpc) is 3.35. The number of benzene rings is 1. The third kappa shape index (κ3) is 4.89. The van der Waals surface area contributed by atoms with Gasteiger partial charge in [-0.05, 0) is 25.1 Å². The molecule has 0 radical (unpaired) electrons. The first-order chi connectivity index (χ1) is 14.4. The minimum Gasteiger partial charge on any atom is -0.342 e. The average molecular weight is 470 g/mol. The Morgan fingerprint density at radius 3 is 2.58 bits per heavy atom. The Morgan fingerprint density at radius 1 is 1.29 bits per heavy atom. The van der Waals surface area contributed by atoms with Crippen LogP contribution in [0.15, 0.2) is 35.6 Å². The number of halogens is 3. The van der Waals surface area contributed by atoms with E-state index in [1.807, 2.05) is 6.07 Å². The highest BCUT2D eigenvalue weighted by Crippen LogP contribution is 2.32. The van der Waals surface area contributed by atoms with Gasteiger partial charge in [0, 0.05) is 11.8 Å². The van der Waals surface area contributed by atoms with Crippen LogP contribution in [-0.4, -0.2) is 40.3 Å². The van der Waals surface area contributed by atoms with Crippen molar-refractivity contribution < 1.29 is 26.4 Å². The van der Waals surface area contributed by atoms with Crippen molar-refractivity contribution in [2.45, 2.75) is 24.0 Å². The summed E-state index contributed by atoms with van der Waals surface area (Å²) in [5, 5.41) is 15.7. The number of hydrogen-bond donors (Lipinski definition) is 1. The van der Waals surface area contributed by atoms with Gasteiger partial charge in [0.2, 0.25) is 5.13 Å². The monoisotopic (exact) mass is 470 g/mol. The molecule has 2 aromatic heterocycles. The Kier molecular flexibility index (Phi) is 5.83. The number of nitriles is 1. The summed E-state index contributed by atoms with van der Waals surface area (Å²) in [5.74, 6) is -0.725. The van der Waals surface area contributed by atoms with Crippen LogP contribution in [0, 0.1) is 11.3 Å². The fourth-order valence-corrected chi connectivity index (χ4v) is 3.92. The molecule has 0 spiro atoms. The van der Waals surface area contributed by atoms with Crippen molar-refractivity contribution >= 4 is 27.1 Å². The molecule has 0 fully saturated rings. The van der Waals surface area contributed by atoms with Crippen molar-refractivity contribution in [2.75, 3.05) is 6.26 Å². The molecular formula is C17H13F3N6O3S2. The number of amides is 1. The molecule has 0 saturated carbocycles. The minimum absolute atomic E-state index is 0.211. The normalized spacial score (nSPS) is 12.9. The van der Waals surface area contributed by atoms with E-state index in [0.29, 0.717) is 22.1 Å². The van der Waals surface area contributed by atoms with Gasteiger partial charge in [0.1, 0.15) is 17.3 Å². The van der Waals surface area contributed by atoms with Crippen LogP contribution in [0.3, 0.4) is 0 Å². The van der Waals surface area contributed by atoms with E-state index in [1.165, 1.54) is 24.1 Å². The first kappa shape index (κ1) is 22.4. The highest BCUT2D eigenvalue weighted by Gasteiger charge is 2.33. The quantitative estimate of drug-likeness (QED) is 0.606. The second kappa shape index (κ2) is 8.08. The molecular weight excluding hydrogens is 457 g/mol. The second-order valence-electron chi connectivity index (χ2n) is 6.36. The number of aromatic nitrogens is 4. The highest BCUT2D eigenvalue weighted by atomic mass is 32.2. The maximum absolute atomic E-state index is 13.2. The van der Waals surface area contributed by atoms with Crippen LogP contribution in [0.1, 0.15) is 39.6 Å². The first-order valence-electron chi connectivity index (χ1n) is 8.39. The molecule has 0 aliphatic rings. The van der Waals surface area contributed by atoms with Gasteiger partial charge in [0.15, 0.2) is 15.7 Å². The van der Waals surface area contributed by atoms with Crippen LogP contribution in [-0.2, 0) is 16.0 Å². The van der Waals surface area contributed by atoms with E-state index < -0.39 is 44.0 Å². The summed E-state index contributed by atoms with van der Waals surface area (Å²) in [7, 11) is -4.00. The third-order valence-electron chi connectivity index (χ3n) is 4.02. The summed E-state index contributed by atoms with van der Waals surface area (Å²) in [6.07, 6.45) is -1.56. The summed E-state index contributed by atoms with van der Waals surface area (Å²) >= 11 is 1.03. The number of hydrogen-bond acceptors (Lipinski definition) is 8. The molecule has 0 saturated heterocycles. The molecule has 14 heteroatoms. The van der Waals surface area contributed by atoms with Crippen molar-refractivity contribution in [3.8, 4) is 11.2 Å². The Hall–Kier alpha value is -3.31. The molecule has 1 unspecified atom stereocenters. The Labute approximate surface area is 178 Å². The molecule has 1 amide bonds. The lowest BCUT2D eigenvalue weighted by Gasteiger charge is -2.15. The molecule has 0 aliphatic heterocycles. The van der Waals surface area contributed by atoms with Gasteiger partial charge in [0.05, 0.1) is 22.7 Å². The van der Waals surface area contributed by atoms with Crippen LogP contribution in [0.5, 0.6) is 0 Å². The van der Waals surface area contributed by atoms with Gasteiger partial charge in [-0.3, -0.25) is 4.79 Å². The van der Waals surface area contributed by atoms with Gasteiger partial charge >= 0.3 is 6.18 Å². The van der Waals surface area contributed by atoms with Crippen molar-refractivity contribution in [3.63, 3.8) is 0 Å². The van der Waals surface area contributed by atoms with Crippen molar-refractivity contribution in [1.29, 1.82) is 5.26 Å². The van der Waals surface area contributed by atoms with Crippen molar-refractivity contribution in [2.24, 2.45) is 0 Å². The van der Waals surface area contributed by atoms with E-state index >= 15 is 0 Å². The van der Waals surface area contributed by atoms with E-state index in [2.05, 4.69) is 20.4 Å². The van der Waals surface area contributed by atoms with Crippen LogP contribution >= 0.6 is 11.3 Å². The van der Waals surface area contributed by atoms with E-state index in [-0.39, 0.29) is 5.82 Å². The molecule has 3 aromatic rings. The van der Waals surface area contributed by atoms with E-state index in [0.717, 1.165) is 23.7 Å². The predicted octanol–water partition coefficient (Wildman–Crippen LogP) is 2.51. The molecule has 1 aromatic carbocycles. The lowest BCUT2D eigenvalue weighted by Crippen LogP contribution is -2.29. The summed E-state index contributed by atoms with van der Waals surface area (Å²) in [4.78, 5) is 20.4. The van der Waals surface area contributed by atoms with E-state index in [1.54, 1.807) is 0 Å². The SMILES string of the molecule is CC(NC(=O)c1cc(C(F)(F)F)cc(S(C)(=O)=O)c1)c1ncnn1-c1ncc(C#N)s1. The highest BCUT2D eigenvalue weighted by molar-refractivity contribution is 7.90. The number of sulfone groups is 1. The summed E-state index contributed by atoms with van der Waals surface area (Å²) in [6.45, 7) is 1.52. The number of rotatable bonds is 5. The standard InChI is InChI=1S/C17H13F3N6O3S2/c1-9(14-23-8-24-26(14)16-22-7-12(6-21)30-16)25-15(27)10-3-11(17(18,19)20)5-13(4-10)31(2,28)29/h3-5,7-9H,1-2H3,(H,25,27). The number of nitrogens with zero attached hydrogens (tertiary/aromatic N) is 5. The first-order valence-corrected chi connectivity index (χ1v) is 11.1. The summed E-state index contributed by atoms with van der Waals surface area (Å²) in [6, 6.07) is 3.01. The predicted molar refractivity (Wildman–Crippen MR) is 102 cm³/mol. The molecule has 3 rings (SSSR count). The number of alkyl halides is 3. The fraction of sp³-hybridized carbons (Fsp3) is 0.235. The minimum atomic E-state index is -4.84. The fourth-order valence-electron chi connectivity index (χ4n) is 2.56. The zero-order valence-corrected chi connectivity index (χ0v) is 17.5.